The van der Waals surface area contributed by atoms with Crippen molar-refractivity contribution in [1.82, 2.24) is 9.97 Å². The van der Waals surface area contributed by atoms with Crippen LogP contribution in [0, 0.1) is 6.92 Å². The molecule has 0 radical (unpaired) electrons. The predicted octanol–water partition coefficient (Wildman–Crippen LogP) is 3.60. The van der Waals surface area contributed by atoms with E-state index in [0.717, 1.165) is 22.3 Å². The lowest BCUT2D eigenvalue weighted by Gasteiger charge is -2.10. The van der Waals surface area contributed by atoms with Crippen LogP contribution in [0.2, 0.25) is 0 Å². The molecule has 118 valence electrons. The second-order valence-electron chi connectivity index (χ2n) is 5.29. The van der Waals surface area contributed by atoms with Crippen LogP contribution in [0.1, 0.15) is 32.6 Å². The van der Waals surface area contributed by atoms with E-state index < -0.39 is 5.97 Å². The molecule has 6 heteroatoms. The van der Waals surface area contributed by atoms with Crippen molar-refractivity contribution < 1.29 is 14.6 Å². The maximum Gasteiger partial charge on any atom is 0.335 e. The maximum atomic E-state index is 11.1. The summed E-state index contributed by atoms with van der Waals surface area (Å²) in [6.45, 7) is 1.77. The summed E-state index contributed by atoms with van der Waals surface area (Å²) in [5.41, 5.74) is 3.59. The van der Waals surface area contributed by atoms with Gasteiger partial charge in [-0.15, -0.1) is 0 Å². The summed E-state index contributed by atoms with van der Waals surface area (Å²) in [6, 6.07) is 10.8. The van der Waals surface area contributed by atoms with Gasteiger partial charge in [-0.2, -0.15) is 12.6 Å². The maximum absolute atomic E-state index is 11.1. The summed E-state index contributed by atoms with van der Waals surface area (Å²) in [5.74, 6) is 0.521. The molecule has 0 amide bonds. The van der Waals surface area contributed by atoms with E-state index in [1.165, 1.54) is 0 Å². The van der Waals surface area contributed by atoms with Gasteiger partial charge in [-0.3, -0.25) is 0 Å². The van der Waals surface area contributed by atoms with Gasteiger partial charge in [-0.1, -0.05) is 12.1 Å². The molecule has 0 aliphatic rings. The van der Waals surface area contributed by atoms with E-state index in [0.29, 0.717) is 17.0 Å². The molecule has 1 heterocycles. The number of hydrogen-bond acceptors (Lipinski definition) is 4. The third-order valence-corrected chi connectivity index (χ3v) is 4.31. The molecule has 2 aromatic carbocycles. The molecule has 2 N–H and O–H groups in total. The number of nitrogens with zero attached hydrogens (tertiary/aromatic N) is 1. The average Bonchev–Trinajstić information content (AvgIpc) is 2.96. The van der Waals surface area contributed by atoms with E-state index in [4.69, 9.17) is 9.84 Å². The number of imidazole rings is 1. The van der Waals surface area contributed by atoms with E-state index in [2.05, 4.69) is 22.6 Å². The van der Waals surface area contributed by atoms with Crippen LogP contribution in [-0.4, -0.2) is 28.2 Å². The van der Waals surface area contributed by atoms with Gasteiger partial charge in [-0.25, -0.2) is 9.78 Å². The van der Waals surface area contributed by atoms with Gasteiger partial charge in [0.1, 0.15) is 11.6 Å². The fraction of sp³-hybridized carbons (Fsp3) is 0.176. The largest absolute Gasteiger partial charge is 0.497 e. The molecule has 0 saturated heterocycles. The van der Waals surface area contributed by atoms with Gasteiger partial charge in [0.15, 0.2) is 0 Å². The molecule has 1 unspecified atom stereocenters. The molecule has 3 rings (SSSR count). The van der Waals surface area contributed by atoms with E-state index in [1.807, 2.05) is 24.3 Å². The molecular formula is C17H16N2O3S. The highest BCUT2D eigenvalue weighted by Crippen LogP contribution is 2.30. The predicted molar refractivity (Wildman–Crippen MR) is 91.6 cm³/mol. The van der Waals surface area contributed by atoms with Crippen molar-refractivity contribution in [3.63, 3.8) is 0 Å². The summed E-state index contributed by atoms with van der Waals surface area (Å²) in [4.78, 5) is 18.9. The topological polar surface area (TPSA) is 75.2 Å². The second-order valence-corrected chi connectivity index (χ2v) is 5.80. The number of carbonyl (C=O) groups is 1. The number of H-pyrrole nitrogens is 1. The van der Waals surface area contributed by atoms with Gasteiger partial charge in [0, 0.05) is 6.07 Å². The van der Waals surface area contributed by atoms with Crippen molar-refractivity contribution in [3.8, 4) is 5.75 Å². The molecule has 23 heavy (non-hydrogen) atoms. The highest BCUT2D eigenvalue weighted by Gasteiger charge is 2.16. The van der Waals surface area contributed by atoms with Crippen LogP contribution in [0.5, 0.6) is 5.75 Å². The fourth-order valence-corrected chi connectivity index (χ4v) is 2.80. The van der Waals surface area contributed by atoms with Crippen LogP contribution >= 0.6 is 12.6 Å². The van der Waals surface area contributed by atoms with Crippen LogP contribution in [-0.2, 0) is 0 Å². The first kappa shape index (κ1) is 15.4. The highest BCUT2D eigenvalue weighted by molar-refractivity contribution is 7.80. The van der Waals surface area contributed by atoms with Crippen LogP contribution in [0.3, 0.4) is 0 Å². The zero-order valence-corrected chi connectivity index (χ0v) is 13.6. The van der Waals surface area contributed by atoms with Gasteiger partial charge < -0.3 is 14.8 Å². The third kappa shape index (κ3) is 2.90. The zero-order chi connectivity index (χ0) is 16.6. The smallest absolute Gasteiger partial charge is 0.335 e. The highest BCUT2D eigenvalue weighted by atomic mass is 32.1. The van der Waals surface area contributed by atoms with Crippen LogP contribution < -0.4 is 4.74 Å². The third-order valence-electron chi connectivity index (χ3n) is 3.76. The number of carboxylic acid groups (broad SMARTS) is 1. The number of hydrogen-bond donors (Lipinski definition) is 3. The van der Waals surface area contributed by atoms with Crippen molar-refractivity contribution in [1.29, 1.82) is 0 Å². The fourth-order valence-electron chi connectivity index (χ4n) is 2.52. The number of rotatable bonds is 4. The van der Waals surface area contributed by atoms with Crippen LogP contribution in [0.15, 0.2) is 36.4 Å². The Morgan fingerprint density at radius 1 is 1.30 bits per heavy atom. The lowest BCUT2D eigenvalue weighted by Crippen LogP contribution is -2.02. The number of nitrogens with one attached hydrogen (secondary N) is 1. The molecule has 1 atom stereocenters. The minimum Gasteiger partial charge on any atom is -0.497 e. The van der Waals surface area contributed by atoms with Crippen molar-refractivity contribution in [2.75, 3.05) is 7.11 Å². The van der Waals surface area contributed by atoms with Gasteiger partial charge in [0.05, 0.1) is 29.0 Å². The number of aromatic carboxylic acids is 1. The Morgan fingerprint density at radius 2 is 2.09 bits per heavy atom. The Morgan fingerprint density at radius 3 is 2.74 bits per heavy atom. The number of benzene rings is 2. The van der Waals surface area contributed by atoms with Crippen LogP contribution in [0.25, 0.3) is 11.0 Å². The first-order chi connectivity index (χ1) is 11.0. The molecule has 0 bridgehead atoms. The summed E-state index contributed by atoms with van der Waals surface area (Å²) in [5, 5.41) is 8.84. The monoisotopic (exact) mass is 328 g/mol. The first-order valence-electron chi connectivity index (χ1n) is 7.05. The Hall–Kier alpha value is -2.47. The normalized spacial score (nSPS) is 12.3. The quantitative estimate of drug-likeness (QED) is 0.640. The first-order valence-corrected chi connectivity index (χ1v) is 7.57. The summed E-state index contributed by atoms with van der Waals surface area (Å²) in [6.07, 6.45) is 0. The number of thiol groups is 1. The average molecular weight is 328 g/mol. The number of aryl methyl sites for hydroxylation is 1. The molecule has 0 fully saturated rings. The minimum absolute atomic E-state index is 0.269. The van der Waals surface area contributed by atoms with E-state index in [1.54, 1.807) is 26.2 Å². The Balaban J connectivity index is 1.98. The Labute approximate surface area is 138 Å². The molecule has 0 spiro atoms. The van der Waals surface area contributed by atoms with Crippen LogP contribution in [0.4, 0.5) is 0 Å². The number of aromatic nitrogens is 2. The SMILES string of the molecule is COc1ccc2[nH]c(C(S)c3ccc(C(=O)O)c(C)c3)nc2c1. The molecular weight excluding hydrogens is 312 g/mol. The number of carboxylic acids is 1. The van der Waals surface area contributed by atoms with Crippen molar-refractivity contribution in [3.05, 3.63) is 58.9 Å². The second kappa shape index (κ2) is 5.96. The van der Waals surface area contributed by atoms with E-state index in [-0.39, 0.29) is 5.25 Å². The number of methoxy groups -OCH3 is 1. The standard InChI is InChI=1S/C17H16N2O3S/c1-9-7-10(3-5-12(9)17(20)21)15(23)16-18-13-6-4-11(22-2)8-14(13)19-16/h3-8,15,23H,1-2H3,(H,18,19)(H,20,21). The molecule has 1 aromatic heterocycles. The lowest BCUT2D eigenvalue weighted by atomic mass is 10.0. The summed E-state index contributed by atoms with van der Waals surface area (Å²) in [7, 11) is 1.61. The van der Waals surface area contributed by atoms with Crippen molar-refractivity contribution in [2.45, 2.75) is 12.2 Å². The lowest BCUT2D eigenvalue weighted by molar-refractivity contribution is 0.0696. The molecule has 0 saturated carbocycles. The Kier molecular flexibility index (Phi) is 4.00. The van der Waals surface area contributed by atoms with Gasteiger partial charge >= 0.3 is 5.97 Å². The summed E-state index contributed by atoms with van der Waals surface area (Å²) < 4.78 is 5.20. The number of aromatic amines is 1. The van der Waals surface area contributed by atoms with E-state index in [9.17, 15) is 4.79 Å². The van der Waals surface area contributed by atoms with Crippen molar-refractivity contribution >= 4 is 29.6 Å². The van der Waals surface area contributed by atoms with Gasteiger partial charge in [0.2, 0.25) is 0 Å². The zero-order valence-electron chi connectivity index (χ0n) is 12.7. The van der Waals surface area contributed by atoms with E-state index >= 15 is 0 Å². The van der Waals surface area contributed by atoms with Gasteiger partial charge in [0.25, 0.3) is 0 Å². The number of ether oxygens (including phenoxy) is 1. The molecule has 5 nitrogen and oxygen atoms in total. The molecule has 0 aliphatic heterocycles. The summed E-state index contributed by atoms with van der Waals surface area (Å²) >= 11 is 4.63. The van der Waals surface area contributed by atoms with Gasteiger partial charge in [-0.05, 0) is 36.2 Å². The Bertz CT molecular complexity index is 889. The molecule has 0 aliphatic carbocycles. The number of fused-ring (bicyclic) bond motifs is 1. The molecule has 3 aromatic rings. The van der Waals surface area contributed by atoms with Crippen molar-refractivity contribution in [2.24, 2.45) is 0 Å². The minimum atomic E-state index is -0.930.